The fraction of sp³-hybridized carbons (Fsp3) is 0.188. The summed E-state index contributed by atoms with van der Waals surface area (Å²) in [6.45, 7) is 1.72. The molecule has 1 atom stereocenters. The van der Waals surface area contributed by atoms with Crippen LogP contribution in [0.3, 0.4) is 0 Å². The van der Waals surface area contributed by atoms with Crippen molar-refractivity contribution in [3.05, 3.63) is 59.1 Å². The molecule has 2 aromatic rings. The van der Waals surface area contributed by atoms with Crippen LogP contribution in [0, 0.1) is 0 Å². The van der Waals surface area contributed by atoms with E-state index in [0.29, 0.717) is 5.02 Å². The van der Waals surface area contributed by atoms with Gasteiger partial charge in [0.15, 0.2) is 18.1 Å². The lowest BCUT2D eigenvalue weighted by Gasteiger charge is -2.15. The molecule has 5 heteroatoms. The number of carbonyl (C=O) groups excluding carboxylic acids is 1. The number of aromatic hydroxyl groups is 1. The SMILES string of the molecule is CC(NC(=O)COc1ccccc1O)c1ccc(Cl)cc1. The van der Waals surface area contributed by atoms with E-state index in [2.05, 4.69) is 5.32 Å². The van der Waals surface area contributed by atoms with Gasteiger partial charge in [0.05, 0.1) is 6.04 Å². The van der Waals surface area contributed by atoms with Crippen molar-refractivity contribution < 1.29 is 14.6 Å². The number of ether oxygens (including phenoxy) is 1. The Balaban J connectivity index is 1.87. The molecule has 0 aromatic heterocycles. The highest BCUT2D eigenvalue weighted by Gasteiger charge is 2.11. The van der Waals surface area contributed by atoms with E-state index in [1.54, 1.807) is 30.3 Å². The zero-order chi connectivity index (χ0) is 15.2. The summed E-state index contributed by atoms with van der Waals surface area (Å²) < 4.78 is 5.27. The fourth-order valence-electron chi connectivity index (χ4n) is 1.84. The molecule has 0 aliphatic carbocycles. The van der Waals surface area contributed by atoms with Gasteiger partial charge in [-0.2, -0.15) is 0 Å². The fourth-order valence-corrected chi connectivity index (χ4v) is 1.97. The predicted molar refractivity (Wildman–Crippen MR) is 81.6 cm³/mol. The lowest BCUT2D eigenvalue weighted by molar-refractivity contribution is -0.123. The highest BCUT2D eigenvalue weighted by molar-refractivity contribution is 6.30. The van der Waals surface area contributed by atoms with Crippen LogP contribution in [0.15, 0.2) is 48.5 Å². The molecule has 110 valence electrons. The quantitative estimate of drug-likeness (QED) is 0.891. The van der Waals surface area contributed by atoms with E-state index in [1.807, 2.05) is 19.1 Å². The summed E-state index contributed by atoms with van der Waals surface area (Å²) in [6, 6.07) is 13.6. The van der Waals surface area contributed by atoms with Gasteiger partial charge in [0.1, 0.15) is 0 Å². The molecule has 2 N–H and O–H groups in total. The Labute approximate surface area is 128 Å². The molecule has 0 aliphatic heterocycles. The zero-order valence-corrected chi connectivity index (χ0v) is 12.3. The van der Waals surface area contributed by atoms with Crippen molar-refractivity contribution >= 4 is 17.5 Å². The van der Waals surface area contributed by atoms with Crippen molar-refractivity contribution in [2.24, 2.45) is 0 Å². The van der Waals surface area contributed by atoms with Gasteiger partial charge in [-0.05, 0) is 36.8 Å². The highest BCUT2D eigenvalue weighted by Crippen LogP contribution is 2.24. The Bertz CT molecular complexity index is 613. The van der Waals surface area contributed by atoms with Gasteiger partial charge in [-0.3, -0.25) is 4.79 Å². The van der Waals surface area contributed by atoms with Crippen LogP contribution in [0.5, 0.6) is 11.5 Å². The van der Waals surface area contributed by atoms with Gasteiger partial charge >= 0.3 is 0 Å². The molecule has 2 aromatic carbocycles. The lowest BCUT2D eigenvalue weighted by Crippen LogP contribution is -2.31. The van der Waals surface area contributed by atoms with E-state index in [1.165, 1.54) is 6.07 Å². The summed E-state index contributed by atoms with van der Waals surface area (Å²) in [4.78, 5) is 11.8. The van der Waals surface area contributed by atoms with Crippen molar-refractivity contribution in [1.29, 1.82) is 0 Å². The van der Waals surface area contributed by atoms with Gasteiger partial charge in [0.2, 0.25) is 0 Å². The van der Waals surface area contributed by atoms with Gasteiger partial charge in [-0.25, -0.2) is 0 Å². The standard InChI is InChI=1S/C16H16ClNO3/c1-11(12-6-8-13(17)9-7-12)18-16(20)10-21-15-5-3-2-4-14(15)19/h2-9,11,19H,10H2,1H3,(H,18,20). The first-order chi connectivity index (χ1) is 10.1. The summed E-state index contributed by atoms with van der Waals surface area (Å²) in [7, 11) is 0. The van der Waals surface area contributed by atoms with Crippen molar-refractivity contribution in [1.82, 2.24) is 5.32 Å². The number of nitrogens with one attached hydrogen (secondary N) is 1. The van der Waals surface area contributed by atoms with Crippen LogP contribution in [0.2, 0.25) is 5.02 Å². The number of phenolic OH excluding ortho intramolecular Hbond substituents is 1. The maximum atomic E-state index is 11.8. The Hall–Kier alpha value is -2.20. The molecule has 0 aliphatic rings. The minimum atomic E-state index is -0.263. The second-order valence-corrected chi connectivity index (χ2v) is 5.03. The molecule has 0 spiro atoms. The van der Waals surface area contributed by atoms with Crippen LogP contribution in [0.4, 0.5) is 0 Å². The third kappa shape index (κ3) is 4.39. The van der Waals surface area contributed by atoms with E-state index in [9.17, 15) is 9.90 Å². The van der Waals surface area contributed by atoms with Crippen LogP contribution in [-0.2, 0) is 4.79 Å². The Morgan fingerprint density at radius 1 is 1.24 bits per heavy atom. The van der Waals surface area contributed by atoms with Crippen molar-refractivity contribution in [2.75, 3.05) is 6.61 Å². The van der Waals surface area contributed by atoms with Gasteiger partial charge in [0, 0.05) is 5.02 Å². The number of para-hydroxylation sites is 2. The molecule has 0 fully saturated rings. The zero-order valence-electron chi connectivity index (χ0n) is 11.5. The van der Waals surface area contributed by atoms with Gasteiger partial charge in [-0.15, -0.1) is 0 Å². The van der Waals surface area contributed by atoms with E-state index in [4.69, 9.17) is 16.3 Å². The molecule has 0 bridgehead atoms. The predicted octanol–water partition coefficient (Wildman–Crippen LogP) is 3.30. The summed E-state index contributed by atoms with van der Waals surface area (Å²) in [5, 5.41) is 13.0. The summed E-state index contributed by atoms with van der Waals surface area (Å²) in [5.74, 6) is 0.0311. The highest BCUT2D eigenvalue weighted by atomic mass is 35.5. The Morgan fingerprint density at radius 3 is 2.57 bits per heavy atom. The van der Waals surface area contributed by atoms with Gasteiger partial charge < -0.3 is 15.2 Å². The average molecular weight is 306 g/mol. The first kappa shape index (κ1) is 15.2. The normalized spacial score (nSPS) is 11.7. The maximum Gasteiger partial charge on any atom is 0.258 e. The second kappa shape index (κ2) is 6.99. The minimum Gasteiger partial charge on any atom is -0.504 e. The van der Waals surface area contributed by atoms with Gasteiger partial charge in [-0.1, -0.05) is 35.9 Å². The molecular formula is C16H16ClNO3. The van der Waals surface area contributed by atoms with Crippen LogP contribution >= 0.6 is 11.6 Å². The summed E-state index contributed by atoms with van der Waals surface area (Å²) in [5.41, 5.74) is 0.954. The smallest absolute Gasteiger partial charge is 0.258 e. The summed E-state index contributed by atoms with van der Waals surface area (Å²) >= 11 is 5.82. The Kier molecular flexibility index (Phi) is 5.06. The molecular weight excluding hydrogens is 290 g/mol. The van der Waals surface area contributed by atoms with Crippen LogP contribution in [0.1, 0.15) is 18.5 Å². The van der Waals surface area contributed by atoms with E-state index >= 15 is 0 Å². The van der Waals surface area contributed by atoms with E-state index in [0.717, 1.165) is 5.56 Å². The molecule has 0 heterocycles. The summed E-state index contributed by atoms with van der Waals surface area (Å²) in [6.07, 6.45) is 0. The first-order valence-corrected chi connectivity index (χ1v) is 6.89. The maximum absolute atomic E-state index is 11.8. The molecule has 0 saturated heterocycles. The van der Waals surface area contributed by atoms with Crippen molar-refractivity contribution in [3.8, 4) is 11.5 Å². The first-order valence-electron chi connectivity index (χ1n) is 6.52. The largest absolute Gasteiger partial charge is 0.504 e. The lowest BCUT2D eigenvalue weighted by atomic mass is 10.1. The number of rotatable bonds is 5. The average Bonchev–Trinajstić information content (AvgIpc) is 2.47. The molecule has 1 unspecified atom stereocenters. The number of benzene rings is 2. The molecule has 21 heavy (non-hydrogen) atoms. The van der Waals surface area contributed by atoms with Crippen LogP contribution < -0.4 is 10.1 Å². The van der Waals surface area contributed by atoms with Crippen molar-refractivity contribution in [3.63, 3.8) is 0 Å². The monoisotopic (exact) mass is 305 g/mol. The number of hydrogen-bond acceptors (Lipinski definition) is 3. The number of hydrogen-bond donors (Lipinski definition) is 2. The van der Waals surface area contributed by atoms with E-state index in [-0.39, 0.29) is 30.1 Å². The Morgan fingerprint density at radius 2 is 1.90 bits per heavy atom. The topological polar surface area (TPSA) is 58.6 Å². The van der Waals surface area contributed by atoms with Crippen LogP contribution in [0.25, 0.3) is 0 Å². The number of phenols is 1. The van der Waals surface area contributed by atoms with Crippen LogP contribution in [-0.4, -0.2) is 17.6 Å². The number of amides is 1. The molecule has 0 radical (unpaired) electrons. The number of halogens is 1. The second-order valence-electron chi connectivity index (χ2n) is 4.60. The third-order valence-electron chi connectivity index (χ3n) is 2.97. The van der Waals surface area contributed by atoms with Gasteiger partial charge in [0.25, 0.3) is 5.91 Å². The minimum absolute atomic E-state index is 0.0102. The molecule has 4 nitrogen and oxygen atoms in total. The molecule has 0 saturated carbocycles. The molecule has 2 rings (SSSR count). The van der Waals surface area contributed by atoms with Crippen molar-refractivity contribution in [2.45, 2.75) is 13.0 Å². The molecule has 1 amide bonds. The third-order valence-corrected chi connectivity index (χ3v) is 3.22. The van der Waals surface area contributed by atoms with E-state index < -0.39 is 0 Å². The number of carbonyl (C=O) groups is 1.